The van der Waals surface area contributed by atoms with Crippen LogP contribution in [0.5, 0.6) is 5.75 Å². The van der Waals surface area contributed by atoms with Gasteiger partial charge in [0.15, 0.2) is 0 Å². The maximum absolute atomic E-state index is 13.5. The van der Waals surface area contributed by atoms with Gasteiger partial charge in [-0.1, -0.05) is 30.3 Å². The van der Waals surface area contributed by atoms with Crippen molar-refractivity contribution in [3.05, 3.63) is 65.2 Å². The quantitative estimate of drug-likeness (QED) is 0.714. The molecule has 2 heterocycles. The average molecular weight is 425 g/mol. The highest BCUT2D eigenvalue weighted by atomic mass is 16.5. The number of carbonyl (C=O) groups is 2. The molecule has 2 aromatic rings. The summed E-state index contributed by atoms with van der Waals surface area (Å²) in [6.45, 7) is 4.93. The fourth-order valence-electron chi connectivity index (χ4n) is 4.56. The molecule has 1 saturated heterocycles. The third kappa shape index (κ3) is 4.43. The Hall–Kier alpha value is -2.90. The molecule has 0 saturated carbocycles. The summed E-state index contributed by atoms with van der Waals surface area (Å²) in [6, 6.07) is 14.6. The fraction of sp³-hybridized carbons (Fsp3) is 0.417. The van der Waals surface area contributed by atoms with Crippen molar-refractivity contribution in [3.63, 3.8) is 0 Å². The Balaban J connectivity index is 1.60. The smallest absolute Gasteiger partial charge is 0.254 e. The summed E-state index contributed by atoms with van der Waals surface area (Å²) in [7, 11) is 3.39. The number of hydrogen-bond acceptors (Lipinski definition) is 4. The van der Waals surface area contributed by atoms with Gasteiger partial charge in [0.25, 0.3) is 5.91 Å². The van der Waals surface area contributed by atoms with Crippen LogP contribution in [0, 0.1) is 0 Å². The van der Waals surface area contributed by atoms with Crippen LogP contribution in [-0.2, 0) is 9.53 Å². The van der Waals surface area contributed by atoms with Crippen LogP contribution in [0.4, 0.5) is 0 Å². The van der Waals surface area contributed by atoms with Gasteiger partial charge in [-0.3, -0.25) is 9.59 Å². The highest BCUT2D eigenvalue weighted by Crippen LogP contribution is 2.42. The molecule has 7 heteroatoms. The molecule has 7 nitrogen and oxygen atoms in total. The van der Waals surface area contributed by atoms with Crippen LogP contribution in [-0.4, -0.2) is 70.3 Å². The van der Waals surface area contributed by atoms with Crippen LogP contribution in [0.25, 0.3) is 0 Å². The van der Waals surface area contributed by atoms with E-state index in [1.807, 2.05) is 42.5 Å². The highest BCUT2D eigenvalue weighted by Gasteiger charge is 2.42. The zero-order valence-corrected chi connectivity index (χ0v) is 18.1. The zero-order valence-electron chi connectivity index (χ0n) is 18.1. The summed E-state index contributed by atoms with van der Waals surface area (Å²) in [5.41, 5.74) is 2.28. The Morgan fingerprint density at radius 2 is 1.87 bits per heavy atom. The van der Waals surface area contributed by atoms with Gasteiger partial charge < -0.3 is 24.6 Å². The van der Waals surface area contributed by atoms with E-state index in [0.29, 0.717) is 12.1 Å². The van der Waals surface area contributed by atoms with E-state index in [2.05, 4.69) is 5.32 Å². The number of ether oxygens (including phenoxy) is 2. The Bertz CT molecular complexity index is 925. The number of benzene rings is 2. The molecular formula is C24H30N3O4+. The molecular weight excluding hydrogens is 394 g/mol. The summed E-state index contributed by atoms with van der Waals surface area (Å²) in [6.07, 6.45) is 0. The average Bonchev–Trinajstić information content (AvgIpc) is 2.82. The van der Waals surface area contributed by atoms with Crippen molar-refractivity contribution in [3.8, 4) is 5.75 Å². The number of amides is 2. The van der Waals surface area contributed by atoms with Crippen molar-refractivity contribution in [1.82, 2.24) is 10.2 Å². The van der Waals surface area contributed by atoms with Gasteiger partial charge in [-0.05, 0) is 29.3 Å². The van der Waals surface area contributed by atoms with Crippen molar-refractivity contribution >= 4 is 11.8 Å². The Labute approximate surface area is 182 Å². The number of nitrogens with zero attached hydrogens (tertiary/aromatic N) is 1. The molecule has 0 aromatic heterocycles. The number of nitrogens with one attached hydrogen (secondary N) is 2. The number of rotatable bonds is 6. The SMILES string of the molecule is COc1ccc(C2C(C(=O)NCC[NH+]3CCOCC3)c3ccccc3C(=O)N2C)cc1. The molecule has 4 rings (SSSR count). The lowest BCUT2D eigenvalue weighted by Gasteiger charge is -2.39. The van der Waals surface area contributed by atoms with Gasteiger partial charge in [0.2, 0.25) is 5.91 Å². The normalized spacial score (nSPS) is 21.5. The molecule has 0 radical (unpaired) electrons. The van der Waals surface area contributed by atoms with Crippen LogP contribution in [0.2, 0.25) is 0 Å². The van der Waals surface area contributed by atoms with Crippen molar-refractivity contribution < 1.29 is 24.0 Å². The number of carbonyl (C=O) groups excluding carboxylic acids is 2. The molecule has 0 bridgehead atoms. The van der Waals surface area contributed by atoms with E-state index in [-0.39, 0.29) is 17.9 Å². The first-order valence-corrected chi connectivity index (χ1v) is 10.8. The lowest BCUT2D eigenvalue weighted by atomic mass is 9.79. The van der Waals surface area contributed by atoms with E-state index in [0.717, 1.165) is 49.7 Å². The Morgan fingerprint density at radius 3 is 2.58 bits per heavy atom. The number of fused-ring (bicyclic) bond motifs is 1. The first-order valence-electron chi connectivity index (χ1n) is 10.8. The molecule has 2 aromatic carbocycles. The number of hydrogen-bond donors (Lipinski definition) is 2. The lowest BCUT2D eigenvalue weighted by Crippen LogP contribution is -3.14. The van der Waals surface area contributed by atoms with Crippen LogP contribution in [0.15, 0.2) is 48.5 Å². The van der Waals surface area contributed by atoms with Gasteiger partial charge in [0.05, 0.1) is 45.4 Å². The molecule has 31 heavy (non-hydrogen) atoms. The van der Waals surface area contributed by atoms with Gasteiger partial charge in [-0.15, -0.1) is 0 Å². The Kier molecular flexibility index (Phi) is 6.53. The molecule has 2 aliphatic rings. The summed E-state index contributed by atoms with van der Waals surface area (Å²) < 4.78 is 10.7. The molecule has 0 spiro atoms. The minimum absolute atomic E-state index is 0.0553. The lowest BCUT2D eigenvalue weighted by molar-refractivity contribution is -0.906. The number of morpholine rings is 1. The summed E-state index contributed by atoms with van der Waals surface area (Å²) in [4.78, 5) is 29.6. The molecule has 2 N–H and O–H groups in total. The maximum Gasteiger partial charge on any atom is 0.254 e. The molecule has 164 valence electrons. The van der Waals surface area contributed by atoms with E-state index in [1.54, 1.807) is 25.1 Å². The predicted octanol–water partition coefficient (Wildman–Crippen LogP) is 0.637. The van der Waals surface area contributed by atoms with Crippen LogP contribution in [0.1, 0.15) is 33.4 Å². The maximum atomic E-state index is 13.5. The molecule has 2 amide bonds. The van der Waals surface area contributed by atoms with E-state index >= 15 is 0 Å². The molecule has 1 fully saturated rings. The van der Waals surface area contributed by atoms with Crippen LogP contribution >= 0.6 is 0 Å². The van der Waals surface area contributed by atoms with Crippen molar-refractivity contribution in [2.45, 2.75) is 12.0 Å². The van der Waals surface area contributed by atoms with E-state index in [9.17, 15) is 9.59 Å². The monoisotopic (exact) mass is 424 g/mol. The van der Waals surface area contributed by atoms with Crippen molar-refractivity contribution in [1.29, 1.82) is 0 Å². The fourth-order valence-corrected chi connectivity index (χ4v) is 4.56. The number of quaternary nitrogens is 1. The number of likely N-dealkylation sites (N-methyl/N-ethyl adjacent to an activating group) is 1. The van der Waals surface area contributed by atoms with Crippen LogP contribution < -0.4 is 15.0 Å². The summed E-state index contributed by atoms with van der Waals surface area (Å²) in [5.74, 6) is 0.133. The Morgan fingerprint density at radius 1 is 1.16 bits per heavy atom. The van der Waals surface area contributed by atoms with E-state index in [4.69, 9.17) is 9.47 Å². The highest BCUT2D eigenvalue weighted by molar-refractivity contribution is 6.01. The molecule has 2 aliphatic heterocycles. The van der Waals surface area contributed by atoms with Gasteiger partial charge in [-0.2, -0.15) is 0 Å². The van der Waals surface area contributed by atoms with E-state index < -0.39 is 5.92 Å². The minimum Gasteiger partial charge on any atom is -0.497 e. The zero-order chi connectivity index (χ0) is 21.8. The van der Waals surface area contributed by atoms with Gasteiger partial charge in [-0.25, -0.2) is 0 Å². The predicted molar refractivity (Wildman–Crippen MR) is 116 cm³/mol. The standard InChI is InChI=1S/C24H29N3O4/c1-26-22(17-7-9-18(30-2)10-8-17)21(19-5-3-4-6-20(19)24(26)29)23(28)25-11-12-27-13-15-31-16-14-27/h3-10,21-22H,11-16H2,1-2H3,(H,25,28)/p+1. The van der Waals surface area contributed by atoms with Crippen molar-refractivity contribution in [2.24, 2.45) is 0 Å². The third-order valence-electron chi connectivity index (χ3n) is 6.30. The molecule has 2 atom stereocenters. The third-order valence-corrected chi connectivity index (χ3v) is 6.30. The summed E-state index contributed by atoms with van der Waals surface area (Å²) in [5, 5.41) is 3.14. The van der Waals surface area contributed by atoms with Crippen LogP contribution in [0.3, 0.4) is 0 Å². The van der Waals surface area contributed by atoms with Gasteiger partial charge in [0, 0.05) is 12.6 Å². The number of methoxy groups -OCH3 is 1. The second kappa shape index (κ2) is 9.49. The van der Waals surface area contributed by atoms with Crippen molar-refractivity contribution in [2.75, 3.05) is 53.6 Å². The first kappa shape index (κ1) is 21.3. The van der Waals surface area contributed by atoms with Gasteiger partial charge in [0.1, 0.15) is 18.8 Å². The van der Waals surface area contributed by atoms with E-state index in [1.165, 1.54) is 4.90 Å². The topological polar surface area (TPSA) is 72.3 Å². The second-order valence-corrected chi connectivity index (χ2v) is 8.10. The molecule has 2 unspecified atom stereocenters. The largest absolute Gasteiger partial charge is 0.497 e. The minimum atomic E-state index is -0.480. The molecule has 0 aliphatic carbocycles. The summed E-state index contributed by atoms with van der Waals surface area (Å²) >= 11 is 0. The first-order chi connectivity index (χ1) is 15.1. The van der Waals surface area contributed by atoms with Gasteiger partial charge >= 0.3 is 0 Å². The second-order valence-electron chi connectivity index (χ2n) is 8.10.